The number of fused-ring (bicyclic) bond motifs is 2. The second kappa shape index (κ2) is 8.43. The van der Waals surface area contributed by atoms with Gasteiger partial charge >= 0.3 is 0 Å². The van der Waals surface area contributed by atoms with E-state index in [1.807, 2.05) is 24.3 Å². The van der Waals surface area contributed by atoms with Crippen molar-refractivity contribution in [1.29, 1.82) is 0 Å². The lowest BCUT2D eigenvalue weighted by Gasteiger charge is -2.31. The maximum atomic E-state index is 13.6. The Labute approximate surface area is 193 Å². The number of para-hydroxylation sites is 1. The molecule has 1 saturated heterocycles. The van der Waals surface area contributed by atoms with Crippen LogP contribution < -0.4 is 5.43 Å². The van der Waals surface area contributed by atoms with E-state index in [2.05, 4.69) is 37.8 Å². The molecule has 0 unspecified atom stereocenters. The van der Waals surface area contributed by atoms with Gasteiger partial charge in [-0.15, -0.1) is 0 Å². The predicted molar refractivity (Wildman–Crippen MR) is 128 cm³/mol. The van der Waals surface area contributed by atoms with Crippen LogP contribution in [0.1, 0.15) is 54.1 Å². The number of carbonyl (C=O) groups is 1. The van der Waals surface area contributed by atoms with Crippen LogP contribution in [-0.2, 0) is 10.2 Å². The van der Waals surface area contributed by atoms with E-state index in [0.717, 1.165) is 25.2 Å². The lowest BCUT2D eigenvalue weighted by molar-refractivity contribution is 0.0314. The van der Waals surface area contributed by atoms with E-state index < -0.39 is 6.04 Å². The molecule has 2 aromatic carbocycles. The van der Waals surface area contributed by atoms with Crippen LogP contribution in [0, 0.1) is 0 Å². The summed E-state index contributed by atoms with van der Waals surface area (Å²) in [5.74, 6) is -0.0448. The standard InChI is InChI=1S/C27H30N2O4/c1-27(2,3)19-10-8-18(9-11-19)23-22-24(30)20-6-4-5-7-21(20)33-25(22)26(31)29(23)13-12-28-14-16-32-17-15-28/h4-11,23H,12-17H2,1-3H3/t23-/m1/s1. The summed E-state index contributed by atoms with van der Waals surface area (Å²) in [5, 5.41) is 0.510. The average molecular weight is 447 g/mol. The first-order chi connectivity index (χ1) is 15.8. The third-order valence-electron chi connectivity index (χ3n) is 6.73. The molecule has 0 spiro atoms. The van der Waals surface area contributed by atoms with E-state index >= 15 is 0 Å². The number of hydrogen-bond donors (Lipinski definition) is 0. The van der Waals surface area contributed by atoms with Gasteiger partial charge in [0, 0.05) is 26.2 Å². The summed E-state index contributed by atoms with van der Waals surface area (Å²) < 4.78 is 11.5. The zero-order valence-corrected chi connectivity index (χ0v) is 19.5. The number of morpholine rings is 1. The maximum Gasteiger partial charge on any atom is 0.290 e. The summed E-state index contributed by atoms with van der Waals surface area (Å²) >= 11 is 0. The van der Waals surface area contributed by atoms with Gasteiger partial charge in [-0.2, -0.15) is 0 Å². The molecule has 0 saturated carbocycles. The van der Waals surface area contributed by atoms with Crippen molar-refractivity contribution in [3.05, 3.63) is 81.2 Å². The Morgan fingerprint density at radius 2 is 1.64 bits per heavy atom. The van der Waals surface area contributed by atoms with Gasteiger partial charge in [-0.25, -0.2) is 0 Å². The van der Waals surface area contributed by atoms with Gasteiger partial charge < -0.3 is 14.1 Å². The summed E-state index contributed by atoms with van der Waals surface area (Å²) in [6.07, 6.45) is 0. The van der Waals surface area contributed by atoms with Crippen LogP contribution in [0.15, 0.2) is 57.7 Å². The van der Waals surface area contributed by atoms with Crippen LogP contribution in [0.2, 0.25) is 0 Å². The largest absolute Gasteiger partial charge is 0.450 e. The molecule has 2 aliphatic rings. The average Bonchev–Trinajstić information content (AvgIpc) is 3.10. The summed E-state index contributed by atoms with van der Waals surface area (Å²) in [7, 11) is 0. The first-order valence-electron chi connectivity index (χ1n) is 11.6. The molecule has 6 heteroatoms. The molecule has 33 heavy (non-hydrogen) atoms. The minimum absolute atomic E-state index is 0.0210. The number of hydrogen-bond acceptors (Lipinski definition) is 5. The lowest BCUT2D eigenvalue weighted by Crippen LogP contribution is -2.42. The molecule has 1 fully saturated rings. The number of ether oxygens (including phenoxy) is 1. The van der Waals surface area contributed by atoms with Gasteiger partial charge in [-0.3, -0.25) is 14.5 Å². The molecule has 0 radical (unpaired) electrons. The monoisotopic (exact) mass is 446 g/mol. The van der Waals surface area contributed by atoms with Crippen molar-refractivity contribution >= 4 is 16.9 Å². The number of carbonyl (C=O) groups excluding carboxylic acids is 1. The quantitative estimate of drug-likeness (QED) is 0.607. The molecular weight excluding hydrogens is 416 g/mol. The van der Waals surface area contributed by atoms with Crippen LogP contribution in [0.5, 0.6) is 0 Å². The van der Waals surface area contributed by atoms with E-state index in [4.69, 9.17) is 9.15 Å². The molecule has 0 bridgehead atoms. The highest BCUT2D eigenvalue weighted by Gasteiger charge is 2.42. The Morgan fingerprint density at radius 1 is 0.939 bits per heavy atom. The molecule has 5 rings (SSSR count). The lowest BCUT2D eigenvalue weighted by atomic mass is 9.86. The molecule has 6 nitrogen and oxygen atoms in total. The van der Waals surface area contributed by atoms with Gasteiger partial charge in [0.1, 0.15) is 5.58 Å². The highest BCUT2D eigenvalue weighted by atomic mass is 16.5. The fourth-order valence-electron chi connectivity index (χ4n) is 4.78. The molecular formula is C27H30N2O4. The number of benzene rings is 2. The van der Waals surface area contributed by atoms with Gasteiger partial charge in [0.2, 0.25) is 5.76 Å². The fraction of sp³-hybridized carbons (Fsp3) is 0.407. The van der Waals surface area contributed by atoms with Crippen LogP contribution in [0.4, 0.5) is 0 Å². The van der Waals surface area contributed by atoms with Crippen molar-refractivity contribution in [1.82, 2.24) is 9.80 Å². The fourth-order valence-corrected chi connectivity index (χ4v) is 4.78. The second-order valence-electron chi connectivity index (χ2n) is 9.90. The van der Waals surface area contributed by atoms with E-state index in [-0.39, 0.29) is 22.5 Å². The van der Waals surface area contributed by atoms with E-state index in [0.29, 0.717) is 36.3 Å². The summed E-state index contributed by atoms with van der Waals surface area (Å²) in [5.41, 5.74) is 2.93. The number of nitrogens with zero attached hydrogens (tertiary/aromatic N) is 2. The van der Waals surface area contributed by atoms with Crippen molar-refractivity contribution < 1.29 is 13.9 Å². The van der Waals surface area contributed by atoms with Crippen molar-refractivity contribution in [3.8, 4) is 0 Å². The van der Waals surface area contributed by atoms with Crippen molar-refractivity contribution in [2.24, 2.45) is 0 Å². The molecule has 0 aliphatic carbocycles. The molecule has 2 aliphatic heterocycles. The molecule has 3 heterocycles. The molecule has 1 atom stereocenters. The summed E-state index contributed by atoms with van der Waals surface area (Å²) in [6, 6.07) is 15.0. The summed E-state index contributed by atoms with van der Waals surface area (Å²) in [6.45, 7) is 10.9. The normalized spacial score (nSPS) is 19.3. The molecule has 0 N–H and O–H groups in total. The minimum atomic E-state index is -0.455. The highest BCUT2D eigenvalue weighted by molar-refractivity contribution is 5.99. The van der Waals surface area contributed by atoms with Crippen LogP contribution in [-0.4, -0.2) is 55.1 Å². The smallest absolute Gasteiger partial charge is 0.290 e. The highest BCUT2D eigenvalue weighted by Crippen LogP contribution is 2.38. The number of rotatable bonds is 4. The Hall–Kier alpha value is -2.96. The predicted octanol–water partition coefficient (Wildman–Crippen LogP) is 3.97. The third kappa shape index (κ3) is 3.98. The van der Waals surface area contributed by atoms with Crippen LogP contribution >= 0.6 is 0 Å². The van der Waals surface area contributed by atoms with Gasteiger partial charge in [0.25, 0.3) is 5.91 Å². The topological polar surface area (TPSA) is 63.0 Å². The van der Waals surface area contributed by atoms with Gasteiger partial charge in [0.15, 0.2) is 5.43 Å². The second-order valence-corrected chi connectivity index (χ2v) is 9.90. The van der Waals surface area contributed by atoms with E-state index in [9.17, 15) is 9.59 Å². The van der Waals surface area contributed by atoms with Gasteiger partial charge in [-0.1, -0.05) is 57.2 Å². The van der Waals surface area contributed by atoms with E-state index in [1.54, 1.807) is 17.0 Å². The Morgan fingerprint density at radius 3 is 2.33 bits per heavy atom. The van der Waals surface area contributed by atoms with Crippen molar-refractivity contribution in [2.45, 2.75) is 32.2 Å². The minimum Gasteiger partial charge on any atom is -0.450 e. The summed E-state index contributed by atoms with van der Waals surface area (Å²) in [4.78, 5) is 31.2. The molecule has 3 aromatic rings. The third-order valence-corrected chi connectivity index (χ3v) is 6.73. The Bertz CT molecular complexity index is 1230. The van der Waals surface area contributed by atoms with Crippen LogP contribution in [0.25, 0.3) is 11.0 Å². The first kappa shape index (κ1) is 21.9. The Kier molecular flexibility index (Phi) is 5.59. The van der Waals surface area contributed by atoms with Crippen molar-refractivity contribution in [3.63, 3.8) is 0 Å². The zero-order valence-electron chi connectivity index (χ0n) is 19.5. The molecule has 172 valence electrons. The zero-order chi connectivity index (χ0) is 23.2. The Balaban J connectivity index is 1.58. The van der Waals surface area contributed by atoms with E-state index in [1.165, 1.54) is 5.56 Å². The SMILES string of the molecule is CC(C)(C)c1ccc([C@@H]2c3c(oc4ccccc4c3=O)C(=O)N2CCN2CCOCC2)cc1. The van der Waals surface area contributed by atoms with Gasteiger partial charge in [-0.05, 0) is 28.7 Å². The first-order valence-corrected chi connectivity index (χ1v) is 11.6. The number of amides is 1. The molecule has 1 amide bonds. The van der Waals surface area contributed by atoms with Gasteiger partial charge in [0.05, 0.1) is 30.2 Å². The molecule has 1 aromatic heterocycles. The van der Waals surface area contributed by atoms with Crippen molar-refractivity contribution in [2.75, 3.05) is 39.4 Å². The van der Waals surface area contributed by atoms with Crippen LogP contribution in [0.3, 0.4) is 0 Å². The maximum absolute atomic E-state index is 13.6.